The van der Waals surface area contributed by atoms with Crippen LogP contribution in [0.4, 0.5) is 5.69 Å². The third kappa shape index (κ3) is 6.15. The van der Waals surface area contributed by atoms with Crippen LogP contribution >= 0.6 is 11.8 Å². The maximum Gasteiger partial charge on any atom is 0.344 e. The lowest BCUT2D eigenvalue weighted by Gasteiger charge is -2.16. The molecule has 1 heterocycles. The number of hydrogen-bond donors (Lipinski definition) is 1. The van der Waals surface area contributed by atoms with Crippen LogP contribution in [0.5, 0.6) is 11.5 Å². The number of carboxylic acids is 1. The van der Waals surface area contributed by atoms with Crippen molar-refractivity contribution in [2.75, 3.05) is 26.9 Å². The molecule has 0 radical (unpaired) electrons. The van der Waals surface area contributed by atoms with Crippen molar-refractivity contribution in [1.29, 1.82) is 0 Å². The van der Waals surface area contributed by atoms with Crippen molar-refractivity contribution in [2.45, 2.75) is 20.0 Å². The van der Waals surface area contributed by atoms with Crippen LogP contribution < -0.4 is 9.47 Å². The van der Waals surface area contributed by atoms with Gasteiger partial charge in [-0.25, -0.2) is 9.79 Å². The second-order valence-electron chi connectivity index (χ2n) is 6.97. The van der Waals surface area contributed by atoms with Gasteiger partial charge in [0.15, 0.2) is 22.8 Å². The first-order valence-electron chi connectivity index (χ1n) is 10.4. The van der Waals surface area contributed by atoms with Gasteiger partial charge in [0.05, 0.1) is 30.9 Å². The molecule has 1 aliphatic rings. The van der Waals surface area contributed by atoms with Gasteiger partial charge < -0.3 is 19.3 Å². The van der Waals surface area contributed by atoms with E-state index in [0.29, 0.717) is 41.1 Å². The Labute approximate surface area is 196 Å². The van der Waals surface area contributed by atoms with E-state index < -0.39 is 12.1 Å². The van der Waals surface area contributed by atoms with Crippen molar-refractivity contribution >= 4 is 40.6 Å². The molecule has 8 nitrogen and oxygen atoms in total. The van der Waals surface area contributed by atoms with Crippen LogP contribution in [0.15, 0.2) is 58.4 Å². The van der Waals surface area contributed by atoms with E-state index in [1.54, 1.807) is 29.2 Å². The summed E-state index contributed by atoms with van der Waals surface area (Å²) in [5.74, 6) is -0.691. The highest BCUT2D eigenvalue weighted by Gasteiger charge is 2.33. The number of methoxy groups -OCH3 is 1. The summed E-state index contributed by atoms with van der Waals surface area (Å²) >= 11 is 1.24. The molecule has 0 aliphatic carbocycles. The summed E-state index contributed by atoms with van der Waals surface area (Å²) in [5, 5.41) is 9.81. The molecule has 1 N–H and O–H groups in total. The molecule has 1 fully saturated rings. The third-order valence-corrected chi connectivity index (χ3v) is 5.70. The quantitative estimate of drug-likeness (QED) is 0.411. The molecule has 0 spiro atoms. The van der Waals surface area contributed by atoms with Crippen molar-refractivity contribution in [3.05, 3.63) is 59.0 Å². The van der Waals surface area contributed by atoms with Gasteiger partial charge in [0, 0.05) is 12.2 Å². The van der Waals surface area contributed by atoms with Crippen LogP contribution in [0.2, 0.25) is 0 Å². The van der Waals surface area contributed by atoms with Crippen LogP contribution in [0.25, 0.3) is 6.08 Å². The number of aliphatic imine (C=N–C) groups is 1. The third-order valence-electron chi connectivity index (χ3n) is 4.69. The Hall–Kier alpha value is -3.30. The minimum atomic E-state index is -1.11. The molecule has 174 valence electrons. The second kappa shape index (κ2) is 11.5. The second-order valence-corrected chi connectivity index (χ2v) is 7.98. The van der Waals surface area contributed by atoms with E-state index in [2.05, 4.69) is 4.99 Å². The molecule has 9 heteroatoms. The highest BCUT2D eigenvalue weighted by molar-refractivity contribution is 8.18. The number of amidine groups is 1. The van der Waals surface area contributed by atoms with Gasteiger partial charge in [0.2, 0.25) is 0 Å². The van der Waals surface area contributed by atoms with Crippen molar-refractivity contribution in [3.8, 4) is 11.5 Å². The first-order valence-corrected chi connectivity index (χ1v) is 11.3. The number of carbonyl (C=O) groups excluding carboxylic acids is 1. The molecule has 1 atom stereocenters. The topological polar surface area (TPSA) is 97.7 Å². The maximum absolute atomic E-state index is 13.2. The number of ether oxygens (including phenoxy) is 3. The number of amides is 1. The predicted octanol–water partition coefficient (Wildman–Crippen LogP) is 4.19. The zero-order chi connectivity index (χ0) is 23.8. The summed E-state index contributed by atoms with van der Waals surface area (Å²) in [6, 6.07) is 14.5. The number of hydrogen-bond acceptors (Lipinski definition) is 7. The Bertz CT molecular complexity index is 1050. The standard InChI is InChI=1S/C24H26N2O6S/c1-4-31-14-13-26-22(27)20(33-24(26)25-18-10-6-5-7-11-18)15-17-9-8-12-19(30-3)21(17)32-16(2)23(28)29/h5-12,15-16H,4,13-14H2,1-3H3,(H,28,29)/b20-15-,25-24?/t16-/m1/s1. The molecule has 2 aromatic rings. The van der Waals surface area contributed by atoms with Gasteiger partial charge in [-0.1, -0.05) is 30.3 Å². The molecular formula is C24H26N2O6S. The highest BCUT2D eigenvalue weighted by Crippen LogP contribution is 2.38. The minimum absolute atomic E-state index is 0.213. The largest absolute Gasteiger partial charge is 0.493 e. The van der Waals surface area contributed by atoms with Gasteiger partial charge in [-0.15, -0.1) is 0 Å². The lowest BCUT2D eigenvalue weighted by atomic mass is 10.1. The Morgan fingerprint density at radius 1 is 1.21 bits per heavy atom. The van der Waals surface area contributed by atoms with E-state index in [1.807, 2.05) is 37.3 Å². The van der Waals surface area contributed by atoms with Crippen molar-refractivity contribution in [3.63, 3.8) is 0 Å². The predicted molar refractivity (Wildman–Crippen MR) is 128 cm³/mol. The van der Waals surface area contributed by atoms with E-state index >= 15 is 0 Å². The Kier molecular flexibility index (Phi) is 8.51. The molecule has 1 amide bonds. The van der Waals surface area contributed by atoms with Crippen molar-refractivity contribution < 1.29 is 28.9 Å². The van der Waals surface area contributed by atoms with Crippen LogP contribution in [0.3, 0.4) is 0 Å². The fraction of sp³-hybridized carbons (Fsp3) is 0.292. The SMILES string of the molecule is CCOCCN1C(=O)/C(=C/c2cccc(OC)c2O[C@H](C)C(=O)O)SC1=Nc1ccccc1. The molecule has 3 rings (SSSR count). The number of carbonyl (C=O) groups is 2. The number of carboxylic acid groups (broad SMARTS) is 1. The van der Waals surface area contributed by atoms with Gasteiger partial charge >= 0.3 is 5.97 Å². The lowest BCUT2D eigenvalue weighted by Crippen LogP contribution is -2.32. The summed E-state index contributed by atoms with van der Waals surface area (Å²) in [7, 11) is 1.47. The molecule has 0 aromatic heterocycles. The summed E-state index contributed by atoms with van der Waals surface area (Å²) in [5.41, 5.74) is 1.26. The zero-order valence-corrected chi connectivity index (χ0v) is 19.5. The number of para-hydroxylation sites is 2. The smallest absolute Gasteiger partial charge is 0.344 e. The lowest BCUT2D eigenvalue weighted by molar-refractivity contribution is -0.144. The van der Waals surface area contributed by atoms with E-state index in [1.165, 1.54) is 25.8 Å². The van der Waals surface area contributed by atoms with Gasteiger partial charge in [0.1, 0.15) is 0 Å². The molecule has 33 heavy (non-hydrogen) atoms. The molecule has 2 aromatic carbocycles. The Morgan fingerprint density at radius 3 is 2.64 bits per heavy atom. The highest BCUT2D eigenvalue weighted by atomic mass is 32.2. The van der Waals surface area contributed by atoms with Crippen molar-refractivity contribution in [2.24, 2.45) is 4.99 Å². The van der Waals surface area contributed by atoms with E-state index in [0.717, 1.165) is 5.69 Å². The monoisotopic (exact) mass is 470 g/mol. The summed E-state index contributed by atoms with van der Waals surface area (Å²) in [4.78, 5) is 31.2. The first-order chi connectivity index (χ1) is 15.9. The average molecular weight is 471 g/mol. The average Bonchev–Trinajstić information content (AvgIpc) is 3.09. The fourth-order valence-corrected chi connectivity index (χ4v) is 4.02. The van der Waals surface area contributed by atoms with Crippen molar-refractivity contribution in [1.82, 2.24) is 4.90 Å². The molecule has 1 saturated heterocycles. The van der Waals surface area contributed by atoms with Gasteiger partial charge in [0.25, 0.3) is 5.91 Å². The van der Waals surface area contributed by atoms with E-state index in [9.17, 15) is 14.7 Å². The summed E-state index contributed by atoms with van der Waals surface area (Å²) < 4.78 is 16.4. The Balaban J connectivity index is 1.98. The summed E-state index contributed by atoms with van der Waals surface area (Å²) in [6.45, 7) is 4.62. The molecule has 0 saturated carbocycles. The van der Waals surface area contributed by atoms with E-state index in [-0.39, 0.29) is 11.7 Å². The van der Waals surface area contributed by atoms with Gasteiger partial charge in [-0.05, 0) is 49.9 Å². The fourth-order valence-electron chi connectivity index (χ4n) is 3.00. The number of rotatable bonds is 10. The molecule has 1 aliphatic heterocycles. The molecular weight excluding hydrogens is 444 g/mol. The van der Waals surface area contributed by atoms with E-state index in [4.69, 9.17) is 14.2 Å². The normalized spacial score (nSPS) is 16.9. The molecule has 0 bridgehead atoms. The van der Waals surface area contributed by atoms with Crippen LogP contribution in [0.1, 0.15) is 19.4 Å². The minimum Gasteiger partial charge on any atom is -0.493 e. The maximum atomic E-state index is 13.2. The number of aliphatic carboxylic acids is 1. The molecule has 0 unspecified atom stereocenters. The van der Waals surface area contributed by atoms with Gasteiger partial charge in [-0.3, -0.25) is 9.69 Å². The number of nitrogens with zero attached hydrogens (tertiary/aromatic N) is 2. The Morgan fingerprint density at radius 2 is 1.97 bits per heavy atom. The van der Waals surface area contributed by atoms with Crippen LogP contribution in [-0.2, 0) is 14.3 Å². The summed E-state index contributed by atoms with van der Waals surface area (Å²) in [6.07, 6.45) is 0.573. The first kappa shape index (κ1) is 24.3. The van der Waals surface area contributed by atoms with Crippen LogP contribution in [0, 0.1) is 0 Å². The number of benzene rings is 2. The number of thioether (sulfide) groups is 1. The van der Waals surface area contributed by atoms with Gasteiger partial charge in [-0.2, -0.15) is 0 Å². The van der Waals surface area contributed by atoms with Crippen LogP contribution in [-0.4, -0.2) is 60.0 Å². The zero-order valence-electron chi connectivity index (χ0n) is 18.7.